The van der Waals surface area contributed by atoms with Crippen LogP contribution in [0.4, 0.5) is 18.9 Å². The van der Waals surface area contributed by atoms with Gasteiger partial charge in [0.25, 0.3) is 0 Å². The second kappa shape index (κ2) is 8.19. The highest BCUT2D eigenvalue weighted by Crippen LogP contribution is 2.30. The molecule has 0 aromatic heterocycles. The van der Waals surface area contributed by atoms with Crippen LogP contribution in [0.3, 0.4) is 0 Å². The number of aliphatic hydroxyl groups excluding tert-OH is 1. The van der Waals surface area contributed by atoms with Gasteiger partial charge in [0.05, 0.1) is 18.8 Å². The van der Waals surface area contributed by atoms with Gasteiger partial charge < -0.3 is 14.7 Å². The number of anilines is 1. The summed E-state index contributed by atoms with van der Waals surface area (Å²) >= 11 is 0. The summed E-state index contributed by atoms with van der Waals surface area (Å²) in [5, 5.41) is 10.4. The van der Waals surface area contributed by atoms with E-state index in [1.54, 1.807) is 7.11 Å². The number of ether oxygens (including phenoxy) is 1. The van der Waals surface area contributed by atoms with Crippen molar-refractivity contribution in [3.05, 3.63) is 59.7 Å². The number of piperazine rings is 1. The van der Waals surface area contributed by atoms with E-state index in [4.69, 9.17) is 4.74 Å². The summed E-state index contributed by atoms with van der Waals surface area (Å²) in [6.45, 7) is 3.62. The van der Waals surface area contributed by atoms with Crippen LogP contribution in [-0.2, 0) is 6.18 Å². The van der Waals surface area contributed by atoms with Crippen molar-refractivity contribution in [3.63, 3.8) is 0 Å². The smallest absolute Gasteiger partial charge is 0.416 e. The highest BCUT2D eigenvalue weighted by Gasteiger charge is 2.30. The van der Waals surface area contributed by atoms with Gasteiger partial charge in [-0.2, -0.15) is 13.2 Å². The fourth-order valence-electron chi connectivity index (χ4n) is 3.23. The van der Waals surface area contributed by atoms with Crippen LogP contribution < -0.4 is 9.64 Å². The number of hydrogen-bond acceptors (Lipinski definition) is 4. The van der Waals surface area contributed by atoms with E-state index in [0.717, 1.165) is 49.7 Å². The first-order valence-electron chi connectivity index (χ1n) is 8.83. The minimum Gasteiger partial charge on any atom is -0.497 e. The SMILES string of the molecule is COc1ccc(N2CCN(C[C@H](O)c3ccc(C(F)(F)F)cc3)CC2)cc1. The number of aliphatic hydroxyl groups is 1. The van der Waals surface area contributed by atoms with Gasteiger partial charge in [-0.15, -0.1) is 0 Å². The van der Waals surface area contributed by atoms with Crippen molar-refractivity contribution in [2.45, 2.75) is 12.3 Å². The molecular formula is C20H23F3N2O2. The number of nitrogens with zero attached hydrogens (tertiary/aromatic N) is 2. The average molecular weight is 380 g/mol. The van der Waals surface area contributed by atoms with Crippen LogP contribution in [0.15, 0.2) is 48.5 Å². The Balaban J connectivity index is 1.52. The highest BCUT2D eigenvalue weighted by molar-refractivity contribution is 5.49. The summed E-state index contributed by atoms with van der Waals surface area (Å²) in [4.78, 5) is 4.39. The monoisotopic (exact) mass is 380 g/mol. The van der Waals surface area contributed by atoms with Crippen molar-refractivity contribution in [2.75, 3.05) is 44.7 Å². The van der Waals surface area contributed by atoms with Crippen LogP contribution in [0.2, 0.25) is 0 Å². The molecule has 1 atom stereocenters. The van der Waals surface area contributed by atoms with Gasteiger partial charge in [-0.3, -0.25) is 4.90 Å². The maximum atomic E-state index is 12.6. The van der Waals surface area contributed by atoms with Gasteiger partial charge in [-0.05, 0) is 42.0 Å². The van der Waals surface area contributed by atoms with Gasteiger partial charge in [-0.25, -0.2) is 0 Å². The van der Waals surface area contributed by atoms with Gasteiger partial charge >= 0.3 is 6.18 Å². The number of alkyl halides is 3. The molecule has 2 aromatic carbocycles. The highest BCUT2D eigenvalue weighted by atomic mass is 19.4. The zero-order valence-corrected chi connectivity index (χ0v) is 15.1. The number of β-amino-alcohol motifs (C(OH)–C–C–N with tert-alkyl or cyclic N) is 1. The summed E-state index contributed by atoms with van der Waals surface area (Å²) in [6.07, 6.45) is -5.17. The van der Waals surface area contributed by atoms with Crippen molar-refractivity contribution in [1.29, 1.82) is 0 Å². The molecular weight excluding hydrogens is 357 g/mol. The molecule has 146 valence electrons. The number of rotatable bonds is 5. The van der Waals surface area contributed by atoms with E-state index in [1.165, 1.54) is 12.1 Å². The molecule has 4 nitrogen and oxygen atoms in total. The van der Waals surface area contributed by atoms with Crippen molar-refractivity contribution in [1.82, 2.24) is 4.90 Å². The molecule has 1 saturated heterocycles. The normalized spacial score (nSPS) is 17.0. The topological polar surface area (TPSA) is 35.9 Å². The summed E-state index contributed by atoms with van der Waals surface area (Å²) < 4.78 is 43.1. The van der Waals surface area contributed by atoms with E-state index in [0.29, 0.717) is 12.1 Å². The van der Waals surface area contributed by atoms with Gasteiger partial charge in [0.2, 0.25) is 0 Å². The number of methoxy groups -OCH3 is 1. The third-order valence-electron chi connectivity index (χ3n) is 4.86. The van der Waals surface area contributed by atoms with E-state index < -0.39 is 17.8 Å². The summed E-state index contributed by atoms with van der Waals surface area (Å²) in [5.41, 5.74) is 0.922. The fraction of sp³-hybridized carbons (Fsp3) is 0.400. The molecule has 1 heterocycles. The zero-order valence-electron chi connectivity index (χ0n) is 15.1. The molecule has 0 radical (unpaired) electrons. The summed E-state index contributed by atoms with van der Waals surface area (Å²) in [7, 11) is 1.63. The Morgan fingerprint density at radius 2 is 1.56 bits per heavy atom. The largest absolute Gasteiger partial charge is 0.497 e. The maximum absolute atomic E-state index is 12.6. The van der Waals surface area contributed by atoms with Crippen LogP contribution in [0.25, 0.3) is 0 Å². The molecule has 0 amide bonds. The zero-order chi connectivity index (χ0) is 19.4. The van der Waals surface area contributed by atoms with E-state index >= 15 is 0 Å². The van der Waals surface area contributed by atoms with E-state index in [2.05, 4.69) is 9.80 Å². The lowest BCUT2D eigenvalue weighted by molar-refractivity contribution is -0.137. The van der Waals surface area contributed by atoms with Crippen LogP contribution in [0.1, 0.15) is 17.2 Å². The molecule has 0 aliphatic carbocycles. The van der Waals surface area contributed by atoms with E-state index in [1.807, 2.05) is 24.3 Å². The van der Waals surface area contributed by atoms with Crippen LogP contribution in [0.5, 0.6) is 5.75 Å². The standard InChI is InChI=1S/C20H23F3N2O2/c1-27-18-8-6-17(7-9-18)25-12-10-24(11-13-25)14-19(26)15-2-4-16(5-3-15)20(21,22)23/h2-9,19,26H,10-14H2,1H3/t19-/m0/s1. The molecule has 0 saturated carbocycles. The van der Waals surface area contributed by atoms with Crippen LogP contribution >= 0.6 is 0 Å². The lowest BCUT2D eigenvalue weighted by atomic mass is 10.1. The van der Waals surface area contributed by atoms with Crippen LogP contribution in [-0.4, -0.2) is 49.8 Å². The van der Waals surface area contributed by atoms with Gasteiger partial charge in [0.15, 0.2) is 0 Å². The first kappa shape index (κ1) is 19.5. The molecule has 0 unspecified atom stereocenters. The minimum atomic E-state index is -4.36. The third-order valence-corrected chi connectivity index (χ3v) is 4.86. The van der Waals surface area contributed by atoms with Crippen molar-refractivity contribution in [3.8, 4) is 5.75 Å². The van der Waals surface area contributed by atoms with Gasteiger partial charge in [-0.1, -0.05) is 12.1 Å². The van der Waals surface area contributed by atoms with Crippen molar-refractivity contribution in [2.24, 2.45) is 0 Å². The maximum Gasteiger partial charge on any atom is 0.416 e. The van der Waals surface area contributed by atoms with E-state index in [-0.39, 0.29) is 0 Å². The minimum absolute atomic E-state index is 0.405. The molecule has 1 fully saturated rings. The first-order chi connectivity index (χ1) is 12.9. The van der Waals surface area contributed by atoms with Crippen molar-refractivity contribution >= 4 is 5.69 Å². The van der Waals surface area contributed by atoms with Gasteiger partial charge in [0.1, 0.15) is 5.75 Å². The Morgan fingerprint density at radius 3 is 2.07 bits per heavy atom. The molecule has 3 rings (SSSR count). The molecule has 27 heavy (non-hydrogen) atoms. The molecule has 1 N–H and O–H groups in total. The summed E-state index contributed by atoms with van der Waals surface area (Å²) in [5.74, 6) is 0.817. The Bertz CT molecular complexity index is 724. The second-order valence-corrected chi connectivity index (χ2v) is 6.62. The molecule has 1 aliphatic heterocycles. The predicted octanol–water partition coefficient (Wildman–Crippen LogP) is 3.57. The van der Waals surface area contributed by atoms with Gasteiger partial charge in [0, 0.05) is 38.4 Å². The summed E-state index contributed by atoms with van der Waals surface area (Å²) in [6, 6.07) is 12.6. The Kier molecular flexibility index (Phi) is 5.92. The lowest BCUT2D eigenvalue weighted by Crippen LogP contribution is -2.47. The molecule has 1 aliphatic rings. The van der Waals surface area contributed by atoms with Crippen molar-refractivity contribution < 1.29 is 23.0 Å². The van der Waals surface area contributed by atoms with E-state index in [9.17, 15) is 18.3 Å². The molecule has 2 aromatic rings. The predicted molar refractivity (Wildman–Crippen MR) is 98.1 cm³/mol. The molecule has 0 bridgehead atoms. The Morgan fingerprint density at radius 1 is 0.963 bits per heavy atom. The first-order valence-corrected chi connectivity index (χ1v) is 8.83. The average Bonchev–Trinajstić information content (AvgIpc) is 2.68. The number of hydrogen-bond donors (Lipinski definition) is 1. The quantitative estimate of drug-likeness (QED) is 0.860. The Labute approximate surface area is 156 Å². The van der Waals surface area contributed by atoms with Crippen LogP contribution in [0, 0.1) is 0 Å². The second-order valence-electron chi connectivity index (χ2n) is 6.62. The Hall–Kier alpha value is -2.25. The molecule has 0 spiro atoms. The number of benzene rings is 2. The molecule has 7 heteroatoms. The fourth-order valence-corrected chi connectivity index (χ4v) is 3.23. The third kappa shape index (κ3) is 4.93. The lowest BCUT2D eigenvalue weighted by Gasteiger charge is -2.37. The number of halogens is 3.